The van der Waals surface area contributed by atoms with Crippen LogP contribution in [-0.4, -0.2) is 16.1 Å². The molecule has 0 aliphatic heterocycles. The molecule has 2 N–H and O–H groups in total. The molecule has 0 aromatic carbocycles. The summed E-state index contributed by atoms with van der Waals surface area (Å²) in [5, 5.41) is 19.4. The van der Waals surface area contributed by atoms with E-state index in [1.807, 2.05) is 0 Å². The van der Waals surface area contributed by atoms with E-state index in [2.05, 4.69) is 4.98 Å². The number of rotatable bonds is 1. The van der Waals surface area contributed by atoms with Crippen LogP contribution in [0.15, 0.2) is 11.0 Å². The molecular formula is C6H6N2O4. The van der Waals surface area contributed by atoms with Crippen molar-refractivity contribution in [2.24, 2.45) is 0 Å². The number of hydrogen-bond acceptors (Lipinski definition) is 3. The average molecular weight is 170 g/mol. The standard InChI is InChI=1S/C6H6N2O4/c1-3-5(9)7-2-4(6(10)11)8(3)12/h2H,1H3,(H,7,9)(H,10,11). The largest absolute Gasteiger partial charge is 0.618 e. The molecule has 64 valence electrons. The van der Waals surface area contributed by atoms with Gasteiger partial charge in [0.2, 0.25) is 0 Å². The molecule has 12 heavy (non-hydrogen) atoms. The highest BCUT2D eigenvalue weighted by Crippen LogP contribution is 1.86. The molecule has 0 bridgehead atoms. The summed E-state index contributed by atoms with van der Waals surface area (Å²) in [5.41, 5.74) is -1.27. The Bertz CT molecular complexity index is 382. The lowest BCUT2D eigenvalue weighted by atomic mass is 10.4. The first-order chi connectivity index (χ1) is 5.54. The molecule has 0 saturated carbocycles. The molecule has 0 aliphatic carbocycles. The van der Waals surface area contributed by atoms with Gasteiger partial charge in [0.15, 0.2) is 0 Å². The summed E-state index contributed by atoms with van der Waals surface area (Å²) in [6, 6.07) is 0. The molecule has 6 heteroatoms. The third-order valence-electron chi connectivity index (χ3n) is 1.41. The SMILES string of the molecule is Cc1c(=O)[nH]cc(C(=O)O)[n+]1[O-]. The highest BCUT2D eigenvalue weighted by Gasteiger charge is 2.17. The van der Waals surface area contributed by atoms with Crippen molar-refractivity contribution in [2.75, 3.05) is 0 Å². The number of aromatic nitrogens is 2. The topological polar surface area (TPSA) is 97.1 Å². The second-order valence-corrected chi connectivity index (χ2v) is 2.19. The zero-order valence-electron chi connectivity index (χ0n) is 6.20. The molecule has 1 aromatic heterocycles. The highest BCUT2D eigenvalue weighted by molar-refractivity contribution is 5.83. The number of hydrogen-bond donors (Lipinski definition) is 2. The Morgan fingerprint density at radius 3 is 2.83 bits per heavy atom. The van der Waals surface area contributed by atoms with E-state index in [1.54, 1.807) is 0 Å². The van der Waals surface area contributed by atoms with Gasteiger partial charge in [0.1, 0.15) is 0 Å². The third kappa shape index (κ3) is 1.14. The fourth-order valence-electron chi connectivity index (χ4n) is 0.718. The van der Waals surface area contributed by atoms with Gasteiger partial charge in [0.05, 0.1) is 6.20 Å². The molecule has 1 aromatic rings. The monoisotopic (exact) mass is 170 g/mol. The van der Waals surface area contributed by atoms with Crippen molar-refractivity contribution in [1.82, 2.24) is 4.98 Å². The van der Waals surface area contributed by atoms with E-state index >= 15 is 0 Å². The quantitative estimate of drug-likeness (QED) is 0.418. The highest BCUT2D eigenvalue weighted by atomic mass is 16.5. The number of carboxylic acid groups (broad SMARTS) is 1. The van der Waals surface area contributed by atoms with Crippen LogP contribution >= 0.6 is 0 Å². The number of nitrogens with one attached hydrogen (secondary N) is 1. The van der Waals surface area contributed by atoms with E-state index in [0.29, 0.717) is 0 Å². The van der Waals surface area contributed by atoms with Crippen LogP contribution in [0.5, 0.6) is 0 Å². The molecule has 0 unspecified atom stereocenters. The summed E-state index contributed by atoms with van der Waals surface area (Å²) >= 11 is 0. The van der Waals surface area contributed by atoms with Crippen LogP contribution in [-0.2, 0) is 0 Å². The first kappa shape index (κ1) is 8.25. The van der Waals surface area contributed by atoms with Crippen LogP contribution in [0.25, 0.3) is 0 Å². The number of nitrogens with zero attached hydrogens (tertiary/aromatic N) is 1. The molecule has 0 radical (unpaired) electrons. The van der Waals surface area contributed by atoms with Crippen LogP contribution in [0, 0.1) is 12.1 Å². The molecule has 1 rings (SSSR count). The average Bonchev–Trinajstić information content (AvgIpc) is 2.00. The zero-order valence-corrected chi connectivity index (χ0v) is 6.20. The predicted molar refractivity (Wildman–Crippen MR) is 37.7 cm³/mol. The first-order valence-electron chi connectivity index (χ1n) is 3.09. The molecule has 0 atom stereocenters. The molecule has 1 heterocycles. The van der Waals surface area contributed by atoms with Gasteiger partial charge in [-0.25, -0.2) is 4.79 Å². The molecule has 0 amide bonds. The Balaban J connectivity index is 3.47. The lowest BCUT2D eigenvalue weighted by Crippen LogP contribution is -2.43. The zero-order chi connectivity index (χ0) is 9.30. The van der Waals surface area contributed by atoms with Gasteiger partial charge >= 0.3 is 17.2 Å². The molecular weight excluding hydrogens is 164 g/mol. The van der Waals surface area contributed by atoms with Crippen molar-refractivity contribution >= 4 is 5.97 Å². The molecule has 6 nitrogen and oxygen atoms in total. The van der Waals surface area contributed by atoms with Crippen molar-refractivity contribution in [1.29, 1.82) is 0 Å². The van der Waals surface area contributed by atoms with Gasteiger partial charge in [-0.1, -0.05) is 0 Å². The van der Waals surface area contributed by atoms with Gasteiger partial charge < -0.3 is 15.3 Å². The van der Waals surface area contributed by atoms with Gasteiger partial charge in [-0.3, -0.25) is 4.79 Å². The first-order valence-corrected chi connectivity index (χ1v) is 3.09. The number of aromatic amines is 1. The van der Waals surface area contributed by atoms with Gasteiger partial charge in [-0.05, 0) is 0 Å². The van der Waals surface area contributed by atoms with Crippen LogP contribution in [0.1, 0.15) is 16.2 Å². The van der Waals surface area contributed by atoms with E-state index in [9.17, 15) is 14.8 Å². The van der Waals surface area contributed by atoms with E-state index in [0.717, 1.165) is 6.20 Å². The Morgan fingerprint density at radius 2 is 2.33 bits per heavy atom. The fourth-order valence-corrected chi connectivity index (χ4v) is 0.718. The van der Waals surface area contributed by atoms with Crippen molar-refractivity contribution in [3.63, 3.8) is 0 Å². The maximum atomic E-state index is 10.9. The fraction of sp³-hybridized carbons (Fsp3) is 0.167. The summed E-state index contributed by atoms with van der Waals surface area (Å²) in [7, 11) is 0. The smallest absolute Gasteiger partial charge is 0.404 e. The normalized spacial score (nSPS) is 9.75. The second-order valence-electron chi connectivity index (χ2n) is 2.19. The lowest BCUT2D eigenvalue weighted by Gasteiger charge is -2.00. The van der Waals surface area contributed by atoms with Crippen molar-refractivity contribution < 1.29 is 14.6 Å². The number of carbonyl (C=O) groups is 1. The second kappa shape index (κ2) is 2.65. The van der Waals surface area contributed by atoms with E-state index in [-0.39, 0.29) is 10.4 Å². The predicted octanol–water partition coefficient (Wildman–Crippen LogP) is -0.985. The van der Waals surface area contributed by atoms with Crippen LogP contribution < -0.4 is 10.3 Å². The molecule has 0 fully saturated rings. The van der Waals surface area contributed by atoms with Gasteiger partial charge in [-0.2, -0.15) is 4.73 Å². The van der Waals surface area contributed by atoms with Gasteiger partial charge in [0.25, 0.3) is 5.69 Å². The van der Waals surface area contributed by atoms with Crippen molar-refractivity contribution in [2.45, 2.75) is 6.92 Å². The Labute approximate surface area is 66.7 Å². The van der Waals surface area contributed by atoms with Gasteiger partial charge in [0, 0.05) is 6.92 Å². The summed E-state index contributed by atoms with van der Waals surface area (Å²) in [5.74, 6) is -1.37. The molecule has 0 aliphatic rings. The minimum Gasteiger partial charge on any atom is -0.618 e. The Hall–Kier alpha value is -1.85. The minimum absolute atomic E-state index is 0.0845. The molecule has 0 saturated heterocycles. The molecule has 0 spiro atoms. The third-order valence-corrected chi connectivity index (χ3v) is 1.41. The number of carboxylic acids is 1. The van der Waals surface area contributed by atoms with Crippen molar-refractivity contribution in [3.05, 3.63) is 33.1 Å². The number of aromatic carboxylic acids is 1. The summed E-state index contributed by atoms with van der Waals surface area (Å²) in [4.78, 5) is 23.2. The van der Waals surface area contributed by atoms with Crippen LogP contribution in [0.3, 0.4) is 0 Å². The Kier molecular flexibility index (Phi) is 1.82. The van der Waals surface area contributed by atoms with Crippen LogP contribution in [0.4, 0.5) is 0 Å². The Morgan fingerprint density at radius 1 is 1.75 bits per heavy atom. The van der Waals surface area contributed by atoms with Crippen molar-refractivity contribution in [3.8, 4) is 0 Å². The lowest BCUT2D eigenvalue weighted by molar-refractivity contribution is -0.616. The van der Waals surface area contributed by atoms with Crippen LogP contribution in [0.2, 0.25) is 0 Å². The maximum Gasteiger partial charge on any atom is 0.404 e. The van der Waals surface area contributed by atoms with Gasteiger partial charge in [-0.15, -0.1) is 0 Å². The summed E-state index contributed by atoms with van der Waals surface area (Å²) in [6.07, 6.45) is 0.866. The summed E-state index contributed by atoms with van der Waals surface area (Å²) < 4.78 is 0.0845. The van der Waals surface area contributed by atoms with E-state index < -0.39 is 17.2 Å². The summed E-state index contributed by atoms with van der Waals surface area (Å²) in [6.45, 7) is 1.25. The number of H-pyrrole nitrogens is 1. The van der Waals surface area contributed by atoms with E-state index in [1.165, 1.54) is 6.92 Å². The minimum atomic E-state index is -1.37. The van der Waals surface area contributed by atoms with E-state index in [4.69, 9.17) is 5.11 Å². The maximum absolute atomic E-state index is 10.9.